The number of benzene rings is 1. The molecule has 0 atom stereocenters. The number of aromatic nitrogens is 2. The minimum absolute atomic E-state index is 0.0563. The second-order valence-electron chi connectivity index (χ2n) is 4.64. The van der Waals surface area contributed by atoms with E-state index in [1.807, 2.05) is 0 Å². The van der Waals surface area contributed by atoms with E-state index < -0.39 is 23.2 Å². The quantitative estimate of drug-likeness (QED) is 0.895. The van der Waals surface area contributed by atoms with Crippen molar-refractivity contribution in [3.63, 3.8) is 0 Å². The van der Waals surface area contributed by atoms with E-state index in [0.717, 1.165) is 12.1 Å². The Morgan fingerprint density at radius 1 is 1.27 bits per heavy atom. The van der Waals surface area contributed by atoms with Crippen LogP contribution in [0.1, 0.15) is 27.4 Å². The molecule has 2 N–H and O–H groups in total. The molecule has 1 amide bonds. The van der Waals surface area contributed by atoms with Gasteiger partial charge in [0.05, 0.1) is 11.3 Å². The maximum Gasteiger partial charge on any atom is 0.416 e. The van der Waals surface area contributed by atoms with Crippen molar-refractivity contribution in [2.75, 3.05) is 5.32 Å². The lowest BCUT2D eigenvalue weighted by molar-refractivity contribution is -0.137. The molecule has 8 heteroatoms. The summed E-state index contributed by atoms with van der Waals surface area (Å²) in [5, 5.41) is 2.27. The van der Waals surface area contributed by atoms with Crippen LogP contribution in [0.15, 0.2) is 29.1 Å². The number of amides is 1. The molecule has 0 fully saturated rings. The Kier molecular flexibility index (Phi) is 4.03. The number of nitrogens with zero attached hydrogens (tertiary/aromatic N) is 1. The summed E-state index contributed by atoms with van der Waals surface area (Å²) in [4.78, 5) is 30.2. The second kappa shape index (κ2) is 5.63. The SMILES string of the molecule is Cc1nc(C)c(C(=O)Nc2cccc(C(F)(F)F)c2)c(=O)[nH]1. The molecule has 0 aliphatic heterocycles. The van der Waals surface area contributed by atoms with E-state index in [1.54, 1.807) is 6.92 Å². The van der Waals surface area contributed by atoms with Gasteiger partial charge < -0.3 is 10.3 Å². The summed E-state index contributed by atoms with van der Waals surface area (Å²) in [6.45, 7) is 3.03. The van der Waals surface area contributed by atoms with Gasteiger partial charge in [-0.25, -0.2) is 4.98 Å². The summed E-state index contributed by atoms with van der Waals surface area (Å²) in [6, 6.07) is 4.16. The van der Waals surface area contributed by atoms with Crippen LogP contribution in [-0.2, 0) is 6.18 Å². The first-order chi connectivity index (χ1) is 10.2. The van der Waals surface area contributed by atoms with Crippen LogP contribution in [0.4, 0.5) is 18.9 Å². The second-order valence-corrected chi connectivity index (χ2v) is 4.64. The Hall–Kier alpha value is -2.64. The van der Waals surface area contributed by atoms with Crippen molar-refractivity contribution < 1.29 is 18.0 Å². The summed E-state index contributed by atoms with van der Waals surface area (Å²) < 4.78 is 37.9. The minimum Gasteiger partial charge on any atom is -0.322 e. The largest absolute Gasteiger partial charge is 0.416 e. The van der Waals surface area contributed by atoms with Crippen molar-refractivity contribution in [1.82, 2.24) is 9.97 Å². The highest BCUT2D eigenvalue weighted by atomic mass is 19.4. The summed E-state index contributed by atoms with van der Waals surface area (Å²) in [5.74, 6) is -0.469. The highest BCUT2D eigenvalue weighted by Crippen LogP contribution is 2.30. The van der Waals surface area contributed by atoms with Crippen LogP contribution in [0.3, 0.4) is 0 Å². The Balaban J connectivity index is 2.33. The number of carbonyl (C=O) groups is 1. The molecule has 0 radical (unpaired) electrons. The number of aryl methyl sites for hydroxylation is 2. The molecule has 0 aliphatic rings. The Labute approximate surface area is 123 Å². The Morgan fingerprint density at radius 2 is 1.95 bits per heavy atom. The molecule has 0 bridgehead atoms. The molecule has 1 heterocycles. The zero-order valence-electron chi connectivity index (χ0n) is 11.7. The monoisotopic (exact) mass is 311 g/mol. The first-order valence-electron chi connectivity index (χ1n) is 6.24. The Bertz CT molecular complexity index is 782. The van der Waals surface area contributed by atoms with Crippen LogP contribution in [-0.4, -0.2) is 15.9 Å². The van der Waals surface area contributed by atoms with Gasteiger partial charge in [0.1, 0.15) is 11.4 Å². The number of alkyl halides is 3. The number of hydrogen-bond acceptors (Lipinski definition) is 3. The average Bonchev–Trinajstić information content (AvgIpc) is 2.36. The zero-order chi connectivity index (χ0) is 16.5. The van der Waals surface area contributed by atoms with Gasteiger partial charge in [-0.3, -0.25) is 9.59 Å². The molecule has 116 valence electrons. The predicted molar refractivity (Wildman–Crippen MR) is 73.7 cm³/mol. The van der Waals surface area contributed by atoms with Crippen LogP contribution in [0.2, 0.25) is 0 Å². The number of carbonyl (C=O) groups excluding carboxylic acids is 1. The van der Waals surface area contributed by atoms with E-state index >= 15 is 0 Å². The van der Waals surface area contributed by atoms with Crippen LogP contribution < -0.4 is 10.9 Å². The normalized spacial score (nSPS) is 11.3. The molecule has 0 saturated heterocycles. The zero-order valence-corrected chi connectivity index (χ0v) is 11.7. The van der Waals surface area contributed by atoms with Crippen LogP contribution in [0.5, 0.6) is 0 Å². The molecule has 1 aromatic heterocycles. The highest BCUT2D eigenvalue weighted by Gasteiger charge is 2.30. The van der Waals surface area contributed by atoms with Crippen molar-refractivity contribution in [2.45, 2.75) is 20.0 Å². The maximum atomic E-state index is 12.6. The van der Waals surface area contributed by atoms with Crippen LogP contribution >= 0.6 is 0 Å². The van der Waals surface area contributed by atoms with Gasteiger partial charge in [0.15, 0.2) is 0 Å². The molecule has 2 aromatic rings. The third-order valence-corrected chi connectivity index (χ3v) is 2.89. The van der Waals surface area contributed by atoms with E-state index in [-0.39, 0.29) is 16.9 Å². The topological polar surface area (TPSA) is 74.8 Å². The highest BCUT2D eigenvalue weighted by molar-refractivity contribution is 6.04. The van der Waals surface area contributed by atoms with Gasteiger partial charge in [0, 0.05) is 5.69 Å². The molecule has 22 heavy (non-hydrogen) atoms. The van der Waals surface area contributed by atoms with E-state index in [4.69, 9.17) is 0 Å². The van der Waals surface area contributed by atoms with Crippen LogP contribution in [0.25, 0.3) is 0 Å². The minimum atomic E-state index is -4.51. The van der Waals surface area contributed by atoms with Crippen molar-refractivity contribution in [1.29, 1.82) is 0 Å². The fourth-order valence-electron chi connectivity index (χ4n) is 1.96. The predicted octanol–water partition coefficient (Wildman–Crippen LogP) is 2.66. The number of H-pyrrole nitrogens is 1. The number of nitrogens with one attached hydrogen (secondary N) is 2. The summed E-state index contributed by atoms with van der Waals surface area (Å²) in [7, 11) is 0. The Morgan fingerprint density at radius 3 is 2.55 bits per heavy atom. The first-order valence-corrected chi connectivity index (χ1v) is 6.24. The molecule has 2 rings (SSSR count). The van der Waals surface area contributed by atoms with Gasteiger partial charge in [0.25, 0.3) is 11.5 Å². The summed E-state index contributed by atoms with van der Waals surface area (Å²) >= 11 is 0. The van der Waals surface area contributed by atoms with E-state index in [1.165, 1.54) is 19.1 Å². The van der Waals surface area contributed by atoms with Crippen molar-refractivity contribution in [3.05, 3.63) is 57.3 Å². The number of hydrogen-bond donors (Lipinski definition) is 2. The summed E-state index contributed by atoms with van der Waals surface area (Å²) in [6.07, 6.45) is -4.51. The smallest absolute Gasteiger partial charge is 0.322 e. The van der Waals surface area contributed by atoms with Gasteiger partial charge in [-0.2, -0.15) is 13.2 Å². The van der Waals surface area contributed by atoms with Crippen LogP contribution in [0, 0.1) is 13.8 Å². The molecule has 1 aromatic carbocycles. The molecular formula is C14H12F3N3O2. The molecule has 0 aliphatic carbocycles. The lowest BCUT2D eigenvalue weighted by Crippen LogP contribution is -2.26. The molecule has 0 spiro atoms. The van der Waals surface area contributed by atoms with Gasteiger partial charge in [-0.05, 0) is 32.0 Å². The summed E-state index contributed by atoms with van der Waals surface area (Å²) in [5.41, 5.74) is -1.62. The van der Waals surface area contributed by atoms with Gasteiger partial charge in [-0.15, -0.1) is 0 Å². The fraction of sp³-hybridized carbons (Fsp3) is 0.214. The maximum absolute atomic E-state index is 12.6. The average molecular weight is 311 g/mol. The fourth-order valence-corrected chi connectivity index (χ4v) is 1.96. The van der Waals surface area contributed by atoms with E-state index in [2.05, 4.69) is 15.3 Å². The van der Waals surface area contributed by atoms with Crippen molar-refractivity contribution in [3.8, 4) is 0 Å². The van der Waals surface area contributed by atoms with Gasteiger partial charge in [-0.1, -0.05) is 6.07 Å². The number of halogens is 3. The third kappa shape index (κ3) is 3.33. The third-order valence-electron chi connectivity index (χ3n) is 2.89. The van der Waals surface area contributed by atoms with Crippen molar-refractivity contribution in [2.24, 2.45) is 0 Å². The number of aromatic amines is 1. The lowest BCUT2D eigenvalue weighted by atomic mass is 10.1. The molecule has 0 saturated carbocycles. The van der Waals surface area contributed by atoms with E-state index in [9.17, 15) is 22.8 Å². The van der Waals surface area contributed by atoms with Crippen molar-refractivity contribution >= 4 is 11.6 Å². The van der Waals surface area contributed by atoms with Gasteiger partial charge in [0.2, 0.25) is 0 Å². The first kappa shape index (κ1) is 15.7. The lowest BCUT2D eigenvalue weighted by Gasteiger charge is -2.10. The van der Waals surface area contributed by atoms with E-state index in [0.29, 0.717) is 5.82 Å². The molecular weight excluding hydrogens is 299 g/mol. The number of rotatable bonds is 2. The molecule has 0 unspecified atom stereocenters. The standard InChI is InChI=1S/C14H12F3N3O2/c1-7-11(12(21)19-8(2)18-7)13(22)20-10-5-3-4-9(6-10)14(15,16)17/h3-6H,1-2H3,(H,20,22)(H,18,19,21). The molecule has 5 nitrogen and oxygen atoms in total. The number of anilines is 1. The van der Waals surface area contributed by atoms with Gasteiger partial charge >= 0.3 is 6.18 Å².